The summed E-state index contributed by atoms with van der Waals surface area (Å²) in [4.78, 5) is 0. The van der Waals surface area contributed by atoms with Crippen molar-refractivity contribution in [2.75, 3.05) is 0 Å². The summed E-state index contributed by atoms with van der Waals surface area (Å²) in [6.45, 7) is 2.19. The number of hydrogen-bond acceptors (Lipinski definition) is 1. The Labute approximate surface area is 118 Å². The summed E-state index contributed by atoms with van der Waals surface area (Å²) in [6.07, 6.45) is 7.05. The van der Waals surface area contributed by atoms with Gasteiger partial charge in [-0.25, -0.2) is 4.39 Å². The first kappa shape index (κ1) is 15.6. The quantitative estimate of drug-likeness (QED) is 0.639. The van der Waals surface area contributed by atoms with Gasteiger partial charge in [-0.15, -0.1) is 0 Å². The molecule has 0 saturated heterocycles. The van der Waals surface area contributed by atoms with Crippen molar-refractivity contribution >= 4 is 15.9 Å². The van der Waals surface area contributed by atoms with Crippen LogP contribution in [0.2, 0.25) is 0 Å². The predicted molar refractivity (Wildman–Crippen MR) is 77.1 cm³/mol. The Balaban J connectivity index is 2.29. The first-order valence-corrected chi connectivity index (χ1v) is 7.57. The van der Waals surface area contributed by atoms with E-state index in [1.807, 2.05) is 0 Å². The van der Waals surface area contributed by atoms with Crippen molar-refractivity contribution in [3.8, 4) is 0 Å². The third-order valence-corrected chi connectivity index (χ3v) is 3.65. The number of aliphatic hydroxyl groups excluding tert-OH is 1. The number of unbranched alkanes of at least 4 members (excludes halogenated alkanes) is 5. The fourth-order valence-electron chi connectivity index (χ4n) is 2.05. The zero-order valence-electron chi connectivity index (χ0n) is 11.0. The van der Waals surface area contributed by atoms with Crippen molar-refractivity contribution in [3.05, 3.63) is 34.1 Å². The van der Waals surface area contributed by atoms with Gasteiger partial charge in [0.05, 0.1) is 6.10 Å². The normalized spacial score (nSPS) is 12.7. The van der Waals surface area contributed by atoms with E-state index in [0.717, 1.165) is 12.8 Å². The molecule has 0 aliphatic heterocycles. The standard InChI is InChI=1S/C15H22BrFO/c1-2-3-4-5-6-7-8-15(18)13-10-9-12(16)11-14(13)17/h9-11,15,18H,2-8H2,1H3. The van der Waals surface area contributed by atoms with Gasteiger partial charge in [-0.05, 0) is 18.6 Å². The van der Waals surface area contributed by atoms with Crippen molar-refractivity contribution in [2.24, 2.45) is 0 Å². The predicted octanol–water partition coefficient (Wildman–Crippen LogP) is 5.37. The lowest BCUT2D eigenvalue weighted by atomic mass is 10.0. The highest BCUT2D eigenvalue weighted by atomic mass is 79.9. The van der Waals surface area contributed by atoms with Crippen molar-refractivity contribution in [3.63, 3.8) is 0 Å². The maximum atomic E-state index is 13.6. The van der Waals surface area contributed by atoms with Crippen LogP contribution in [-0.4, -0.2) is 5.11 Å². The Morgan fingerprint density at radius 3 is 2.50 bits per heavy atom. The molecule has 0 heterocycles. The molecule has 1 atom stereocenters. The van der Waals surface area contributed by atoms with Crippen molar-refractivity contribution in [1.29, 1.82) is 0 Å². The van der Waals surface area contributed by atoms with Crippen molar-refractivity contribution < 1.29 is 9.50 Å². The lowest BCUT2D eigenvalue weighted by molar-refractivity contribution is 0.159. The molecule has 0 spiro atoms. The van der Waals surface area contributed by atoms with Crippen LogP contribution in [0.5, 0.6) is 0 Å². The third-order valence-electron chi connectivity index (χ3n) is 3.15. The number of halogens is 2. The monoisotopic (exact) mass is 316 g/mol. The second-order valence-electron chi connectivity index (χ2n) is 4.74. The molecule has 0 aliphatic carbocycles. The largest absolute Gasteiger partial charge is 0.388 e. The van der Waals surface area contributed by atoms with E-state index < -0.39 is 6.10 Å². The molecule has 1 nitrogen and oxygen atoms in total. The van der Waals surface area contributed by atoms with Crippen LogP contribution in [0.25, 0.3) is 0 Å². The van der Waals surface area contributed by atoms with Gasteiger partial charge in [0.25, 0.3) is 0 Å². The van der Waals surface area contributed by atoms with Crippen LogP contribution in [0.15, 0.2) is 22.7 Å². The summed E-state index contributed by atoms with van der Waals surface area (Å²) >= 11 is 3.21. The fourth-order valence-corrected chi connectivity index (χ4v) is 2.38. The first-order chi connectivity index (χ1) is 8.65. The maximum Gasteiger partial charge on any atom is 0.130 e. The molecule has 1 unspecified atom stereocenters. The molecule has 0 fully saturated rings. The van der Waals surface area contributed by atoms with Gasteiger partial charge in [-0.1, -0.05) is 67.4 Å². The van der Waals surface area contributed by atoms with Crippen LogP contribution in [0.3, 0.4) is 0 Å². The average molecular weight is 317 g/mol. The summed E-state index contributed by atoms with van der Waals surface area (Å²) in [6, 6.07) is 4.82. The van der Waals surface area contributed by atoms with Gasteiger partial charge in [0.1, 0.15) is 5.82 Å². The van der Waals surface area contributed by atoms with Gasteiger partial charge >= 0.3 is 0 Å². The average Bonchev–Trinajstić information content (AvgIpc) is 2.33. The zero-order valence-corrected chi connectivity index (χ0v) is 12.5. The lowest BCUT2D eigenvalue weighted by Gasteiger charge is -2.12. The SMILES string of the molecule is CCCCCCCCC(O)c1ccc(Br)cc1F. The molecule has 1 N–H and O–H groups in total. The second-order valence-corrected chi connectivity index (χ2v) is 5.65. The summed E-state index contributed by atoms with van der Waals surface area (Å²) in [5.41, 5.74) is 0.409. The Morgan fingerprint density at radius 1 is 1.17 bits per heavy atom. The van der Waals surface area contributed by atoms with E-state index >= 15 is 0 Å². The minimum atomic E-state index is -0.677. The molecule has 0 bridgehead atoms. The Morgan fingerprint density at radius 2 is 1.83 bits per heavy atom. The van der Waals surface area contributed by atoms with Gasteiger partial charge in [0.15, 0.2) is 0 Å². The minimum Gasteiger partial charge on any atom is -0.388 e. The molecule has 1 aromatic rings. The van der Waals surface area contributed by atoms with E-state index in [1.165, 1.54) is 31.7 Å². The van der Waals surface area contributed by atoms with Crippen LogP contribution in [-0.2, 0) is 0 Å². The lowest BCUT2D eigenvalue weighted by Crippen LogP contribution is -2.00. The molecule has 0 saturated carbocycles. The Kier molecular flexibility index (Phi) is 7.52. The van der Waals surface area contributed by atoms with E-state index in [1.54, 1.807) is 12.1 Å². The molecular formula is C15H22BrFO. The van der Waals surface area contributed by atoms with Gasteiger partial charge in [-0.3, -0.25) is 0 Å². The summed E-state index contributed by atoms with van der Waals surface area (Å²) in [5.74, 6) is -0.331. The van der Waals surface area contributed by atoms with E-state index in [9.17, 15) is 9.50 Å². The molecule has 0 amide bonds. The van der Waals surface area contributed by atoms with E-state index in [4.69, 9.17) is 0 Å². The van der Waals surface area contributed by atoms with Crippen LogP contribution in [0.1, 0.15) is 63.5 Å². The zero-order chi connectivity index (χ0) is 13.4. The van der Waals surface area contributed by atoms with E-state index in [2.05, 4.69) is 22.9 Å². The Hall–Kier alpha value is -0.410. The number of benzene rings is 1. The topological polar surface area (TPSA) is 20.2 Å². The van der Waals surface area contributed by atoms with Gasteiger partial charge in [0.2, 0.25) is 0 Å². The van der Waals surface area contributed by atoms with Crippen LogP contribution in [0.4, 0.5) is 4.39 Å². The molecule has 0 radical (unpaired) electrons. The second kappa shape index (κ2) is 8.65. The fraction of sp³-hybridized carbons (Fsp3) is 0.600. The highest BCUT2D eigenvalue weighted by Crippen LogP contribution is 2.25. The van der Waals surface area contributed by atoms with Gasteiger partial charge in [0, 0.05) is 10.0 Å². The van der Waals surface area contributed by atoms with Crippen LogP contribution in [0, 0.1) is 5.82 Å². The summed E-state index contributed by atoms with van der Waals surface area (Å²) in [5, 5.41) is 9.94. The van der Waals surface area contributed by atoms with Crippen molar-refractivity contribution in [2.45, 2.75) is 58.0 Å². The highest BCUT2D eigenvalue weighted by Gasteiger charge is 2.12. The van der Waals surface area contributed by atoms with Crippen LogP contribution >= 0.6 is 15.9 Å². The van der Waals surface area contributed by atoms with Crippen LogP contribution < -0.4 is 0 Å². The molecule has 3 heteroatoms. The van der Waals surface area contributed by atoms with Crippen molar-refractivity contribution in [1.82, 2.24) is 0 Å². The number of hydrogen-bond donors (Lipinski definition) is 1. The van der Waals surface area contributed by atoms with E-state index in [0.29, 0.717) is 16.5 Å². The van der Waals surface area contributed by atoms with Gasteiger partial charge < -0.3 is 5.11 Å². The Bertz CT molecular complexity index is 354. The molecule has 18 heavy (non-hydrogen) atoms. The molecule has 0 aromatic heterocycles. The molecule has 102 valence electrons. The highest BCUT2D eigenvalue weighted by molar-refractivity contribution is 9.10. The first-order valence-electron chi connectivity index (χ1n) is 6.78. The van der Waals surface area contributed by atoms with E-state index in [-0.39, 0.29) is 5.82 Å². The number of aliphatic hydroxyl groups is 1. The maximum absolute atomic E-state index is 13.6. The molecule has 0 aliphatic rings. The summed E-state index contributed by atoms with van der Waals surface area (Å²) < 4.78 is 14.3. The van der Waals surface area contributed by atoms with Gasteiger partial charge in [-0.2, -0.15) is 0 Å². The number of rotatable bonds is 8. The summed E-state index contributed by atoms with van der Waals surface area (Å²) in [7, 11) is 0. The molecular weight excluding hydrogens is 295 g/mol. The molecule has 1 rings (SSSR count). The molecule has 1 aromatic carbocycles. The minimum absolute atomic E-state index is 0.331. The smallest absolute Gasteiger partial charge is 0.130 e. The third kappa shape index (κ3) is 5.49.